The molecule has 5 heteroatoms. The lowest BCUT2D eigenvalue weighted by atomic mass is 10.2. The summed E-state index contributed by atoms with van der Waals surface area (Å²) in [5, 5.41) is 2.85. The summed E-state index contributed by atoms with van der Waals surface area (Å²) in [6.45, 7) is 8.30. The van der Waals surface area contributed by atoms with E-state index in [1.807, 2.05) is 20.9 Å². The summed E-state index contributed by atoms with van der Waals surface area (Å²) in [6.07, 6.45) is 2.76. The van der Waals surface area contributed by atoms with E-state index in [1.165, 1.54) is 0 Å². The number of unbranched alkanes of at least 4 members (excludes halogenated alkanes) is 1. The van der Waals surface area contributed by atoms with Crippen LogP contribution in [0.2, 0.25) is 0 Å². The molecule has 0 aliphatic heterocycles. The number of rotatable bonds is 10. The number of nitrogens with zero attached hydrogens (tertiary/aromatic N) is 1. The molecule has 0 saturated heterocycles. The Morgan fingerprint density at radius 1 is 1.17 bits per heavy atom. The molecule has 0 fully saturated rings. The van der Waals surface area contributed by atoms with Gasteiger partial charge >= 0.3 is 5.97 Å². The van der Waals surface area contributed by atoms with Crippen molar-refractivity contribution in [2.75, 3.05) is 32.1 Å². The van der Waals surface area contributed by atoms with Crippen molar-refractivity contribution in [2.45, 2.75) is 40.0 Å². The van der Waals surface area contributed by atoms with E-state index in [0.29, 0.717) is 30.2 Å². The smallest absolute Gasteiger partial charge is 0.338 e. The highest BCUT2D eigenvalue weighted by atomic mass is 16.5. The Kier molecular flexibility index (Phi) is 9.08. The third-order valence-electron chi connectivity index (χ3n) is 3.57. The first-order valence-corrected chi connectivity index (χ1v) is 8.68. The molecule has 1 rings (SSSR count). The summed E-state index contributed by atoms with van der Waals surface area (Å²) in [7, 11) is 2.03. The number of esters is 1. The van der Waals surface area contributed by atoms with Crippen LogP contribution in [0.1, 0.15) is 50.4 Å². The lowest BCUT2D eigenvalue weighted by Crippen LogP contribution is -2.25. The number of hydrogen-bond acceptors (Lipinski definition) is 4. The van der Waals surface area contributed by atoms with Gasteiger partial charge in [-0.25, -0.2) is 4.79 Å². The molecule has 134 valence electrons. The van der Waals surface area contributed by atoms with Crippen LogP contribution < -0.4 is 5.32 Å². The third-order valence-corrected chi connectivity index (χ3v) is 3.57. The van der Waals surface area contributed by atoms with E-state index in [0.717, 1.165) is 25.9 Å². The second kappa shape index (κ2) is 10.8. The molecule has 0 heterocycles. The van der Waals surface area contributed by atoms with Gasteiger partial charge in [0.25, 0.3) is 0 Å². The topological polar surface area (TPSA) is 58.6 Å². The SMILES string of the molecule is CCCCN(C)CCC(=O)Nc1ccc(C(=O)OCC(C)C)cc1. The molecule has 24 heavy (non-hydrogen) atoms. The highest BCUT2D eigenvalue weighted by Crippen LogP contribution is 2.11. The molecule has 5 nitrogen and oxygen atoms in total. The van der Waals surface area contributed by atoms with Crippen LogP contribution in [0, 0.1) is 5.92 Å². The van der Waals surface area contributed by atoms with Crippen molar-refractivity contribution in [2.24, 2.45) is 5.92 Å². The van der Waals surface area contributed by atoms with Gasteiger partial charge in [-0.15, -0.1) is 0 Å². The highest BCUT2D eigenvalue weighted by molar-refractivity contribution is 5.93. The molecule has 0 aromatic heterocycles. The zero-order valence-electron chi connectivity index (χ0n) is 15.3. The van der Waals surface area contributed by atoms with Gasteiger partial charge in [0.05, 0.1) is 12.2 Å². The number of nitrogens with one attached hydrogen (secondary N) is 1. The van der Waals surface area contributed by atoms with E-state index >= 15 is 0 Å². The zero-order chi connectivity index (χ0) is 17.9. The molecule has 1 aromatic carbocycles. The Balaban J connectivity index is 2.40. The fraction of sp³-hybridized carbons (Fsp3) is 0.579. The molecule has 0 aliphatic rings. The Morgan fingerprint density at radius 3 is 2.42 bits per heavy atom. The summed E-state index contributed by atoms with van der Waals surface area (Å²) < 4.78 is 5.18. The summed E-state index contributed by atoms with van der Waals surface area (Å²) >= 11 is 0. The first-order valence-electron chi connectivity index (χ1n) is 8.68. The minimum atomic E-state index is -0.334. The van der Waals surface area contributed by atoms with Crippen molar-refractivity contribution in [3.63, 3.8) is 0 Å². The molecule has 0 unspecified atom stereocenters. The molecule has 1 N–H and O–H groups in total. The predicted molar refractivity (Wildman–Crippen MR) is 97.2 cm³/mol. The monoisotopic (exact) mass is 334 g/mol. The lowest BCUT2D eigenvalue weighted by molar-refractivity contribution is -0.116. The normalized spacial score (nSPS) is 10.9. The van der Waals surface area contributed by atoms with Crippen molar-refractivity contribution < 1.29 is 14.3 Å². The maximum atomic E-state index is 12.0. The molecular weight excluding hydrogens is 304 g/mol. The third kappa shape index (κ3) is 8.11. The number of anilines is 1. The molecule has 0 atom stereocenters. The fourth-order valence-electron chi connectivity index (χ4n) is 2.07. The Labute approximate surface area is 145 Å². The first kappa shape index (κ1) is 20.2. The van der Waals surface area contributed by atoms with Crippen LogP contribution in [0.25, 0.3) is 0 Å². The van der Waals surface area contributed by atoms with E-state index in [4.69, 9.17) is 4.74 Å². The number of carbonyl (C=O) groups excluding carboxylic acids is 2. The van der Waals surface area contributed by atoms with Gasteiger partial charge in [0, 0.05) is 18.7 Å². The van der Waals surface area contributed by atoms with Gasteiger partial charge in [-0.2, -0.15) is 0 Å². The molecule has 0 aliphatic carbocycles. The van der Waals surface area contributed by atoms with Crippen LogP contribution in [0.5, 0.6) is 0 Å². The fourth-order valence-corrected chi connectivity index (χ4v) is 2.07. The van der Waals surface area contributed by atoms with Crippen LogP contribution >= 0.6 is 0 Å². The van der Waals surface area contributed by atoms with E-state index < -0.39 is 0 Å². The second-order valence-corrected chi connectivity index (χ2v) is 6.52. The summed E-state index contributed by atoms with van der Waals surface area (Å²) in [5.74, 6) is -0.0458. The van der Waals surface area contributed by atoms with Crippen molar-refractivity contribution in [3.8, 4) is 0 Å². The summed E-state index contributed by atoms with van der Waals surface area (Å²) in [5.41, 5.74) is 1.18. The Bertz CT molecular complexity index is 512. The second-order valence-electron chi connectivity index (χ2n) is 6.52. The van der Waals surface area contributed by atoms with E-state index in [1.54, 1.807) is 24.3 Å². The number of ether oxygens (including phenoxy) is 1. The average Bonchev–Trinajstić information content (AvgIpc) is 2.56. The Morgan fingerprint density at radius 2 is 1.83 bits per heavy atom. The maximum Gasteiger partial charge on any atom is 0.338 e. The van der Waals surface area contributed by atoms with Crippen molar-refractivity contribution >= 4 is 17.6 Å². The summed E-state index contributed by atoms with van der Waals surface area (Å²) in [4.78, 5) is 26.0. The van der Waals surface area contributed by atoms with Gasteiger partial charge in [-0.3, -0.25) is 4.79 Å². The minimum absolute atomic E-state index is 0.0199. The lowest BCUT2D eigenvalue weighted by Gasteiger charge is -2.15. The molecule has 0 bridgehead atoms. The van der Waals surface area contributed by atoms with Crippen molar-refractivity contribution in [1.82, 2.24) is 4.90 Å². The number of carbonyl (C=O) groups is 2. The maximum absolute atomic E-state index is 12.0. The zero-order valence-corrected chi connectivity index (χ0v) is 15.3. The van der Waals surface area contributed by atoms with E-state index in [-0.39, 0.29) is 11.9 Å². The van der Waals surface area contributed by atoms with Gasteiger partial charge in [0.1, 0.15) is 0 Å². The van der Waals surface area contributed by atoms with Gasteiger partial charge < -0.3 is 15.0 Å². The largest absolute Gasteiger partial charge is 0.462 e. The quantitative estimate of drug-likeness (QED) is 0.665. The molecule has 0 spiro atoms. The van der Waals surface area contributed by atoms with Crippen LogP contribution in [-0.2, 0) is 9.53 Å². The number of amides is 1. The molecular formula is C19H30N2O3. The molecule has 1 amide bonds. The minimum Gasteiger partial charge on any atom is -0.462 e. The summed E-state index contributed by atoms with van der Waals surface area (Å²) in [6, 6.07) is 6.80. The standard InChI is InChI=1S/C19H30N2O3/c1-5-6-12-21(4)13-11-18(22)20-17-9-7-16(8-10-17)19(23)24-14-15(2)3/h7-10,15H,5-6,11-14H2,1-4H3,(H,20,22). The predicted octanol–water partition coefficient (Wildman–Crippen LogP) is 3.56. The van der Waals surface area contributed by atoms with Gasteiger partial charge in [0.15, 0.2) is 0 Å². The van der Waals surface area contributed by atoms with Crippen LogP contribution in [0.4, 0.5) is 5.69 Å². The highest BCUT2D eigenvalue weighted by Gasteiger charge is 2.09. The van der Waals surface area contributed by atoms with Crippen LogP contribution in [0.15, 0.2) is 24.3 Å². The number of hydrogen-bond donors (Lipinski definition) is 1. The van der Waals surface area contributed by atoms with Crippen LogP contribution in [-0.4, -0.2) is 43.5 Å². The first-order chi connectivity index (χ1) is 11.4. The van der Waals surface area contributed by atoms with Crippen LogP contribution in [0.3, 0.4) is 0 Å². The average molecular weight is 334 g/mol. The van der Waals surface area contributed by atoms with Gasteiger partial charge in [0.2, 0.25) is 5.91 Å². The van der Waals surface area contributed by atoms with Gasteiger partial charge in [-0.1, -0.05) is 27.2 Å². The van der Waals surface area contributed by atoms with Crippen molar-refractivity contribution in [1.29, 1.82) is 0 Å². The van der Waals surface area contributed by atoms with E-state index in [2.05, 4.69) is 17.1 Å². The van der Waals surface area contributed by atoms with Gasteiger partial charge in [-0.05, 0) is 50.2 Å². The van der Waals surface area contributed by atoms with Crippen molar-refractivity contribution in [3.05, 3.63) is 29.8 Å². The molecule has 0 radical (unpaired) electrons. The molecule has 0 saturated carbocycles. The Hall–Kier alpha value is -1.88. The van der Waals surface area contributed by atoms with E-state index in [9.17, 15) is 9.59 Å². The number of benzene rings is 1. The molecule has 1 aromatic rings.